The molecule has 0 amide bonds. The summed E-state index contributed by atoms with van der Waals surface area (Å²) in [6.45, 7) is 3.49. The first-order chi connectivity index (χ1) is 6.36. The average Bonchev–Trinajstić information content (AvgIpc) is 2.17. The lowest BCUT2D eigenvalue weighted by atomic mass is 9.75. The van der Waals surface area contributed by atoms with Crippen molar-refractivity contribution in [3.05, 3.63) is 30.3 Å². The Kier molecular flexibility index (Phi) is 2.53. The van der Waals surface area contributed by atoms with Crippen LogP contribution in [-0.4, -0.2) is 6.54 Å². The number of hydrogen-bond acceptors (Lipinski definition) is 1. The molecule has 1 saturated carbocycles. The molecule has 0 aromatic heterocycles. The Morgan fingerprint density at radius 2 is 2.00 bits per heavy atom. The molecule has 0 spiro atoms. The Morgan fingerprint density at radius 3 is 2.54 bits per heavy atom. The SMILES string of the molecule is C[C@H]1CC[C@H]1CNc1ccccc1. The van der Waals surface area contributed by atoms with E-state index in [0.717, 1.165) is 18.4 Å². The van der Waals surface area contributed by atoms with Gasteiger partial charge < -0.3 is 5.32 Å². The Labute approximate surface area is 80.2 Å². The average molecular weight is 175 g/mol. The van der Waals surface area contributed by atoms with Crippen LogP contribution in [0.5, 0.6) is 0 Å². The highest BCUT2D eigenvalue weighted by atomic mass is 14.9. The molecule has 0 saturated heterocycles. The first kappa shape index (κ1) is 8.61. The molecule has 1 N–H and O–H groups in total. The van der Waals surface area contributed by atoms with E-state index in [1.807, 2.05) is 0 Å². The van der Waals surface area contributed by atoms with Crippen molar-refractivity contribution in [2.75, 3.05) is 11.9 Å². The van der Waals surface area contributed by atoms with Crippen LogP contribution in [0.4, 0.5) is 5.69 Å². The maximum atomic E-state index is 3.48. The van der Waals surface area contributed by atoms with Crippen LogP contribution in [0.3, 0.4) is 0 Å². The van der Waals surface area contributed by atoms with Crippen LogP contribution in [0.25, 0.3) is 0 Å². The van der Waals surface area contributed by atoms with Crippen molar-refractivity contribution in [1.82, 2.24) is 0 Å². The van der Waals surface area contributed by atoms with E-state index < -0.39 is 0 Å². The fourth-order valence-corrected chi connectivity index (χ4v) is 1.84. The third-order valence-electron chi connectivity index (χ3n) is 3.14. The zero-order chi connectivity index (χ0) is 9.10. The first-order valence-electron chi connectivity index (χ1n) is 5.15. The van der Waals surface area contributed by atoms with Gasteiger partial charge in [-0.2, -0.15) is 0 Å². The molecule has 2 atom stereocenters. The van der Waals surface area contributed by atoms with Crippen molar-refractivity contribution in [2.24, 2.45) is 11.8 Å². The molecule has 1 aliphatic rings. The van der Waals surface area contributed by atoms with Gasteiger partial charge in [0.1, 0.15) is 0 Å². The van der Waals surface area contributed by atoms with Gasteiger partial charge in [0.25, 0.3) is 0 Å². The molecule has 1 aromatic carbocycles. The minimum Gasteiger partial charge on any atom is -0.385 e. The zero-order valence-corrected chi connectivity index (χ0v) is 8.16. The van der Waals surface area contributed by atoms with Gasteiger partial charge in [0.2, 0.25) is 0 Å². The Morgan fingerprint density at radius 1 is 1.23 bits per heavy atom. The number of nitrogens with one attached hydrogen (secondary N) is 1. The summed E-state index contributed by atoms with van der Waals surface area (Å²) in [5.74, 6) is 1.83. The lowest BCUT2D eigenvalue weighted by Gasteiger charge is -2.34. The van der Waals surface area contributed by atoms with E-state index in [9.17, 15) is 0 Å². The summed E-state index contributed by atoms with van der Waals surface area (Å²) >= 11 is 0. The molecular formula is C12H17N. The number of benzene rings is 1. The number of para-hydroxylation sites is 1. The van der Waals surface area contributed by atoms with Crippen molar-refractivity contribution in [3.63, 3.8) is 0 Å². The lowest BCUT2D eigenvalue weighted by molar-refractivity contribution is 0.210. The molecule has 0 heterocycles. The summed E-state index contributed by atoms with van der Waals surface area (Å²) in [6, 6.07) is 10.5. The van der Waals surface area contributed by atoms with Crippen molar-refractivity contribution in [3.8, 4) is 0 Å². The third kappa shape index (κ3) is 2.03. The van der Waals surface area contributed by atoms with Crippen LogP contribution in [-0.2, 0) is 0 Å². The fraction of sp³-hybridized carbons (Fsp3) is 0.500. The standard InChI is InChI=1S/C12H17N/c1-10-7-8-11(10)9-13-12-5-3-2-4-6-12/h2-6,10-11,13H,7-9H2,1H3/t10-,11-/m0/s1. The quantitative estimate of drug-likeness (QED) is 0.744. The van der Waals surface area contributed by atoms with Crippen LogP contribution in [0, 0.1) is 11.8 Å². The van der Waals surface area contributed by atoms with Crippen LogP contribution in [0.1, 0.15) is 19.8 Å². The van der Waals surface area contributed by atoms with Crippen molar-refractivity contribution < 1.29 is 0 Å². The summed E-state index contributed by atoms with van der Waals surface area (Å²) in [5, 5.41) is 3.48. The second kappa shape index (κ2) is 3.82. The normalized spacial score (nSPS) is 26.5. The van der Waals surface area contributed by atoms with Crippen LogP contribution < -0.4 is 5.32 Å². The van der Waals surface area contributed by atoms with Gasteiger partial charge in [-0.05, 0) is 30.4 Å². The summed E-state index contributed by atoms with van der Waals surface area (Å²) in [5.41, 5.74) is 1.25. The van der Waals surface area contributed by atoms with E-state index in [-0.39, 0.29) is 0 Å². The van der Waals surface area contributed by atoms with Crippen LogP contribution in [0.15, 0.2) is 30.3 Å². The van der Waals surface area contributed by atoms with Crippen LogP contribution >= 0.6 is 0 Å². The van der Waals surface area contributed by atoms with Gasteiger partial charge in [0.05, 0.1) is 0 Å². The number of rotatable bonds is 3. The van der Waals surface area contributed by atoms with Gasteiger partial charge >= 0.3 is 0 Å². The highest BCUT2D eigenvalue weighted by Crippen LogP contribution is 2.33. The molecule has 70 valence electrons. The Balaban J connectivity index is 1.80. The van der Waals surface area contributed by atoms with Gasteiger partial charge in [-0.15, -0.1) is 0 Å². The number of anilines is 1. The minimum absolute atomic E-state index is 0.903. The second-order valence-corrected chi connectivity index (χ2v) is 4.06. The van der Waals surface area contributed by atoms with E-state index in [2.05, 4.69) is 42.6 Å². The first-order valence-corrected chi connectivity index (χ1v) is 5.15. The highest BCUT2D eigenvalue weighted by Gasteiger charge is 2.25. The lowest BCUT2D eigenvalue weighted by Crippen LogP contribution is -2.29. The monoisotopic (exact) mass is 175 g/mol. The van der Waals surface area contributed by atoms with E-state index in [0.29, 0.717) is 0 Å². The van der Waals surface area contributed by atoms with Gasteiger partial charge in [-0.25, -0.2) is 0 Å². The summed E-state index contributed by atoms with van der Waals surface area (Å²) in [4.78, 5) is 0. The second-order valence-electron chi connectivity index (χ2n) is 4.06. The van der Waals surface area contributed by atoms with Gasteiger partial charge in [-0.3, -0.25) is 0 Å². The van der Waals surface area contributed by atoms with Gasteiger partial charge in [-0.1, -0.05) is 31.5 Å². The molecular weight excluding hydrogens is 158 g/mol. The van der Waals surface area contributed by atoms with E-state index in [1.165, 1.54) is 18.5 Å². The molecule has 0 bridgehead atoms. The minimum atomic E-state index is 0.903. The fourth-order valence-electron chi connectivity index (χ4n) is 1.84. The molecule has 2 rings (SSSR count). The molecule has 1 fully saturated rings. The summed E-state index contributed by atoms with van der Waals surface area (Å²) in [7, 11) is 0. The molecule has 0 unspecified atom stereocenters. The Bertz CT molecular complexity index is 255. The third-order valence-corrected chi connectivity index (χ3v) is 3.14. The smallest absolute Gasteiger partial charge is 0.0340 e. The maximum Gasteiger partial charge on any atom is 0.0340 e. The largest absolute Gasteiger partial charge is 0.385 e. The molecule has 1 nitrogen and oxygen atoms in total. The predicted octanol–water partition coefficient (Wildman–Crippen LogP) is 3.14. The molecule has 1 heteroatoms. The summed E-state index contributed by atoms with van der Waals surface area (Å²) in [6.07, 6.45) is 2.82. The van der Waals surface area contributed by atoms with Gasteiger partial charge in [0, 0.05) is 12.2 Å². The molecule has 13 heavy (non-hydrogen) atoms. The highest BCUT2D eigenvalue weighted by molar-refractivity contribution is 5.42. The zero-order valence-electron chi connectivity index (χ0n) is 8.16. The molecule has 0 radical (unpaired) electrons. The van der Waals surface area contributed by atoms with E-state index >= 15 is 0 Å². The summed E-state index contributed by atoms with van der Waals surface area (Å²) < 4.78 is 0. The maximum absolute atomic E-state index is 3.48. The van der Waals surface area contributed by atoms with Crippen molar-refractivity contribution in [2.45, 2.75) is 19.8 Å². The van der Waals surface area contributed by atoms with Crippen molar-refractivity contribution in [1.29, 1.82) is 0 Å². The molecule has 1 aliphatic carbocycles. The topological polar surface area (TPSA) is 12.0 Å². The van der Waals surface area contributed by atoms with Crippen molar-refractivity contribution >= 4 is 5.69 Å². The number of hydrogen-bond donors (Lipinski definition) is 1. The van der Waals surface area contributed by atoms with Gasteiger partial charge in [0.15, 0.2) is 0 Å². The van der Waals surface area contributed by atoms with E-state index in [1.54, 1.807) is 0 Å². The molecule has 0 aliphatic heterocycles. The predicted molar refractivity (Wildman–Crippen MR) is 56.8 cm³/mol. The van der Waals surface area contributed by atoms with Crippen LogP contribution in [0.2, 0.25) is 0 Å². The Hall–Kier alpha value is -0.980. The molecule has 1 aromatic rings. The van der Waals surface area contributed by atoms with E-state index in [4.69, 9.17) is 0 Å².